The van der Waals surface area contributed by atoms with E-state index in [-0.39, 0.29) is 5.97 Å². The fourth-order valence-electron chi connectivity index (χ4n) is 0.332. The highest BCUT2D eigenvalue weighted by Gasteiger charge is 2.09. The molecule has 0 fully saturated rings. The van der Waals surface area contributed by atoms with E-state index in [4.69, 9.17) is 0 Å². The molecule has 0 heterocycles. The molecule has 0 N–H and O–H groups in total. The van der Waals surface area contributed by atoms with Crippen molar-refractivity contribution in [1.29, 1.82) is 0 Å². The second kappa shape index (κ2) is 5.37. The zero-order valence-corrected chi connectivity index (χ0v) is 7.82. The Morgan fingerprint density at radius 2 is 2.40 bits per heavy atom. The molecule has 5 heteroatoms. The SMILES string of the molecule is COC(=O)C(C)N=C=NI. The maximum absolute atomic E-state index is 10.6. The summed E-state index contributed by atoms with van der Waals surface area (Å²) in [6.07, 6.45) is 0. The van der Waals surface area contributed by atoms with Gasteiger partial charge in [0.1, 0.15) is 6.01 Å². The van der Waals surface area contributed by atoms with Crippen molar-refractivity contribution < 1.29 is 9.53 Å². The lowest BCUT2D eigenvalue weighted by molar-refractivity contribution is -0.141. The van der Waals surface area contributed by atoms with Crippen molar-refractivity contribution in [2.75, 3.05) is 7.11 Å². The molecule has 10 heavy (non-hydrogen) atoms. The summed E-state index contributed by atoms with van der Waals surface area (Å²) >= 11 is 1.72. The summed E-state index contributed by atoms with van der Waals surface area (Å²) in [6.45, 7) is 1.61. The van der Waals surface area contributed by atoms with Crippen LogP contribution >= 0.6 is 22.9 Å². The molecule has 0 spiro atoms. The Balaban J connectivity index is 3.96. The number of carbonyl (C=O) groups is 1. The molecule has 0 bridgehead atoms. The minimum absolute atomic E-state index is 0.382. The minimum atomic E-state index is -0.511. The number of nitrogens with zero attached hydrogens (tertiary/aromatic N) is 2. The molecule has 56 valence electrons. The van der Waals surface area contributed by atoms with Gasteiger partial charge in [0.05, 0.1) is 30.0 Å². The summed E-state index contributed by atoms with van der Waals surface area (Å²) < 4.78 is 7.83. The standard InChI is InChI=1S/C5H7IN2O2/c1-4(5(9)10-2)7-3-8-6/h4H,1-2H3. The molecule has 0 aromatic rings. The first-order chi connectivity index (χ1) is 4.72. The summed E-state index contributed by atoms with van der Waals surface area (Å²) in [6, 6.07) is 1.79. The average Bonchev–Trinajstić information content (AvgIpc) is 1.98. The number of hydrogen-bond acceptors (Lipinski definition) is 4. The number of methoxy groups -OCH3 is 1. The van der Waals surface area contributed by atoms with E-state index in [1.54, 1.807) is 29.8 Å². The molecule has 1 atom stereocenters. The molecule has 0 saturated carbocycles. The van der Waals surface area contributed by atoms with Gasteiger partial charge in [0.2, 0.25) is 0 Å². The summed E-state index contributed by atoms with van der Waals surface area (Å²) in [5.74, 6) is -0.382. The number of hydrogen-bond donors (Lipinski definition) is 0. The van der Waals surface area contributed by atoms with Crippen LogP contribution in [0, 0.1) is 0 Å². The van der Waals surface area contributed by atoms with E-state index in [0.29, 0.717) is 0 Å². The lowest BCUT2D eigenvalue weighted by atomic mass is 10.4. The van der Waals surface area contributed by atoms with Gasteiger partial charge in [-0.3, -0.25) is 0 Å². The molecule has 0 amide bonds. The van der Waals surface area contributed by atoms with Crippen molar-refractivity contribution in [1.82, 2.24) is 0 Å². The molecule has 0 aliphatic carbocycles. The lowest BCUT2D eigenvalue weighted by Crippen LogP contribution is -2.15. The second-order valence-corrected chi connectivity index (χ2v) is 2.00. The van der Waals surface area contributed by atoms with Gasteiger partial charge in [-0.1, -0.05) is 0 Å². The van der Waals surface area contributed by atoms with Gasteiger partial charge in [-0.2, -0.15) is 3.21 Å². The van der Waals surface area contributed by atoms with Gasteiger partial charge in [0.25, 0.3) is 0 Å². The Kier molecular flexibility index (Phi) is 5.15. The van der Waals surface area contributed by atoms with Crippen molar-refractivity contribution in [3.8, 4) is 0 Å². The molecule has 0 saturated heterocycles. The Hall–Kier alpha value is -0.420. The van der Waals surface area contributed by atoms with Crippen LogP contribution in [-0.2, 0) is 9.53 Å². The van der Waals surface area contributed by atoms with Gasteiger partial charge in [-0.05, 0) is 6.92 Å². The van der Waals surface area contributed by atoms with Crippen LogP contribution in [0.5, 0.6) is 0 Å². The lowest BCUT2D eigenvalue weighted by Gasteiger charge is -1.98. The van der Waals surface area contributed by atoms with E-state index in [1.165, 1.54) is 7.11 Å². The number of rotatable bonds is 2. The van der Waals surface area contributed by atoms with Crippen molar-refractivity contribution in [2.24, 2.45) is 8.20 Å². The van der Waals surface area contributed by atoms with Crippen LogP contribution < -0.4 is 0 Å². The smallest absolute Gasteiger partial charge is 0.331 e. The zero-order valence-electron chi connectivity index (χ0n) is 5.67. The molecule has 0 aliphatic rings. The fraction of sp³-hybridized carbons (Fsp3) is 0.600. The number of aliphatic imine (C=N–C) groups is 1. The first kappa shape index (κ1) is 9.58. The predicted octanol–water partition coefficient (Wildman–Crippen LogP) is 1.07. The van der Waals surface area contributed by atoms with Crippen LogP contribution in [0.4, 0.5) is 0 Å². The van der Waals surface area contributed by atoms with Crippen molar-refractivity contribution >= 4 is 34.8 Å². The third-order valence-electron chi connectivity index (χ3n) is 0.831. The molecule has 1 unspecified atom stereocenters. The van der Waals surface area contributed by atoms with Crippen molar-refractivity contribution in [3.05, 3.63) is 0 Å². The van der Waals surface area contributed by atoms with Gasteiger partial charge >= 0.3 is 5.97 Å². The second-order valence-electron chi connectivity index (χ2n) is 1.51. The predicted molar refractivity (Wildman–Crippen MR) is 45.4 cm³/mol. The summed E-state index contributed by atoms with van der Waals surface area (Å²) in [5, 5.41) is 0. The van der Waals surface area contributed by atoms with Crippen LogP contribution in [0.25, 0.3) is 0 Å². The van der Waals surface area contributed by atoms with E-state index in [1.807, 2.05) is 0 Å². The normalized spacial score (nSPS) is 11.1. The van der Waals surface area contributed by atoms with E-state index < -0.39 is 6.04 Å². The molecular weight excluding hydrogens is 247 g/mol. The number of ether oxygens (including phenoxy) is 1. The molecular formula is C5H7IN2O2. The topological polar surface area (TPSA) is 51.0 Å². The van der Waals surface area contributed by atoms with Gasteiger partial charge in [0.15, 0.2) is 6.04 Å². The van der Waals surface area contributed by atoms with Crippen LogP contribution in [0.1, 0.15) is 6.92 Å². The molecule has 0 aromatic carbocycles. The van der Waals surface area contributed by atoms with Gasteiger partial charge in [-0.15, -0.1) is 0 Å². The molecule has 0 aromatic heterocycles. The fourth-order valence-corrected chi connectivity index (χ4v) is 0.456. The summed E-state index contributed by atoms with van der Waals surface area (Å²) in [7, 11) is 1.32. The monoisotopic (exact) mass is 254 g/mol. The summed E-state index contributed by atoms with van der Waals surface area (Å²) in [4.78, 5) is 14.2. The van der Waals surface area contributed by atoms with Crippen LogP contribution in [0.15, 0.2) is 8.20 Å². The van der Waals surface area contributed by atoms with Crippen molar-refractivity contribution in [3.63, 3.8) is 0 Å². The minimum Gasteiger partial charge on any atom is -0.467 e. The third-order valence-corrected chi connectivity index (χ3v) is 1.05. The number of esters is 1. The molecule has 0 radical (unpaired) electrons. The van der Waals surface area contributed by atoms with Crippen LogP contribution in [0.3, 0.4) is 0 Å². The Labute approximate surface area is 72.9 Å². The Morgan fingerprint density at radius 1 is 1.80 bits per heavy atom. The van der Waals surface area contributed by atoms with E-state index in [0.717, 1.165) is 0 Å². The Morgan fingerprint density at radius 3 is 2.80 bits per heavy atom. The summed E-state index contributed by atoms with van der Waals surface area (Å²) in [5.41, 5.74) is 0. The Bertz CT molecular complexity index is 172. The molecule has 0 rings (SSSR count). The average molecular weight is 254 g/mol. The highest BCUT2D eigenvalue weighted by atomic mass is 127. The highest BCUT2D eigenvalue weighted by molar-refractivity contribution is 14.1. The number of carbonyl (C=O) groups excluding carboxylic acids is 1. The first-order valence-electron chi connectivity index (χ1n) is 2.56. The molecule has 0 aliphatic heterocycles. The van der Waals surface area contributed by atoms with Crippen LogP contribution in [0.2, 0.25) is 0 Å². The van der Waals surface area contributed by atoms with Gasteiger partial charge < -0.3 is 4.74 Å². The largest absolute Gasteiger partial charge is 0.467 e. The maximum atomic E-state index is 10.6. The quantitative estimate of drug-likeness (QED) is 0.420. The van der Waals surface area contributed by atoms with E-state index >= 15 is 0 Å². The zero-order chi connectivity index (χ0) is 7.98. The van der Waals surface area contributed by atoms with E-state index in [9.17, 15) is 4.79 Å². The first-order valence-corrected chi connectivity index (χ1v) is 3.52. The maximum Gasteiger partial charge on any atom is 0.331 e. The molecule has 4 nitrogen and oxygen atoms in total. The number of halogens is 1. The van der Waals surface area contributed by atoms with Crippen molar-refractivity contribution in [2.45, 2.75) is 13.0 Å². The van der Waals surface area contributed by atoms with Crippen LogP contribution in [-0.4, -0.2) is 25.1 Å². The van der Waals surface area contributed by atoms with E-state index in [2.05, 4.69) is 18.9 Å². The highest BCUT2D eigenvalue weighted by Crippen LogP contribution is 1.90. The third kappa shape index (κ3) is 3.58. The van der Waals surface area contributed by atoms with Gasteiger partial charge in [-0.25, -0.2) is 9.79 Å². The van der Waals surface area contributed by atoms with Gasteiger partial charge in [0, 0.05) is 0 Å².